The summed E-state index contributed by atoms with van der Waals surface area (Å²) in [5, 5.41) is 3.80. The lowest BCUT2D eigenvalue weighted by atomic mass is 9.95. The Morgan fingerprint density at radius 3 is 2.20 bits per heavy atom. The second kappa shape index (κ2) is 7.65. The second-order valence-corrected chi connectivity index (χ2v) is 6.33. The maximum absolute atomic E-state index is 12.2. The summed E-state index contributed by atoms with van der Waals surface area (Å²) in [6.07, 6.45) is 0.888. The highest BCUT2D eigenvalue weighted by molar-refractivity contribution is 6.30. The quantitative estimate of drug-likeness (QED) is 0.844. The molecule has 0 radical (unpaired) electrons. The highest BCUT2D eigenvalue weighted by Gasteiger charge is 2.22. The third-order valence-corrected chi connectivity index (χ3v) is 3.75. The molecule has 3 nitrogen and oxygen atoms in total. The lowest BCUT2D eigenvalue weighted by Crippen LogP contribution is -2.40. The van der Waals surface area contributed by atoms with E-state index in [0.29, 0.717) is 10.9 Å². The third kappa shape index (κ3) is 5.14. The number of carbonyl (C=O) groups is 1. The van der Waals surface area contributed by atoms with Gasteiger partial charge in [-0.05, 0) is 37.0 Å². The van der Waals surface area contributed by atoms with Crippen LogP contribution in [0.4, 0.5) is 0 Å². The van der Waals surface area contributed by atoms with Crippen LogP contribution in [0.5, 0.6) is 0 Å². The minimum absolute atomic E-state index is 0.000556. The molecule has 0 heterocycles. The third-order valence-electron chi connectivity index (χ3n) is 3.50. The number of hydrogen-bond acceptors (Lipinski definition) is 2. The van der Waals surface area contributed by atoms with Crippen LogP contribution < -0.4 is 11.1 Å². The Kier molecular flexibility index (Phi) is 6.50. The summed E-state index contributed by atoms with van der Waals surface area (Å²) in [4.78, 5) is 12.2. The van der Waals surface area contributed by atoms with Crippen LogP contribution in [-0.2, 0) is 4.79 Å². The van der Waals surface area contributed by atoms with Crippen LogP contribution in [0.25, 0.3) is 0 Å². The first kappa shape index (κ1) is 17.0. The Balaban J connectivity index is 2.84. The van der Waals surface area contributed by atoms with E-state index in [-0.39, 0.29) is 23.9 Å². The lowest BCUT2D eigenvalue weighted by molar-refractivity contribution is -0.125. The van der Waals surface area contributed by atoms with Crippen molar-refractivity contribution < 1.29 is 4.79 Å². The van der Waals surface area contributed by atoms with E-state index in [4.69, 9.17) is 17.3 Å². The summed E-state index contributed by atoms with van der Waals surface area (Å²) in [5.41, 5.74) is 6.87. The molecule has 20 heavy (non-hydrogen) atoms. The van der Waals surface area contributed by atoms with Crippen LogP contribution in [-0.4, -0.2) is 11.9 Å². The fourth-order valence-electron chi connectivity index (χ4n) is 1.99. The monoisotopic (exact) mass is 296 g/mol. The summed E-state index contributed by atoms with van der Waals surface area (Å²) >= 11 is 5.92. The molecule has 1 aromatic rings. The first-order valence-corrected chi connectivity index (χ1v) is 7.50. The lowest BCUT2D eigenvalue weighted by Gasteiger charge is -2.24. The molecule has 0 saturated carbocycles. The van der Waals surface area contributed by atoms with E-state index < -0.39 is 0 Å². The van der Waals surface area contributed by atoms with Gasteiger partial charge in [-0.1, -0.05) is 44.5 Å². The van der Waals surface area contributed by atoms with Crippen LogP contribution in [0.2, 0.25) is 5.02 Å². The van der Waals surface area contributed by atoms with E-state index in [9.17, 15) is 4.79 Å². The molecule has 0 bridgehead atoms. The predicted molar refractivity (Wildman–Crippen MR) is 84.6 cm³/mol. The maximum atomic E-state index is 12.2. The van der Waals surface area contributed by atoms with Crippen molar-refractivity contribution in [2.45, 2.75) is 46.2 Å². The Morgan fingerprint density at radius 2 is 1.75 bits per heavy atom. The molecule has 1 amide bonds. The zero-order valence-corrected chi connectivity index (χ0v) is 13.4. The zero-order valence-electron chi connectivity index (χ0n) is 12.7. The van der Waals surface area contributed by atoms with E-state index >= 15 is 0 Å². The summed E-state index contributed by atoms with van der Waals surface area (Å²) in [6, 6.07) is 7.48. The molecule has 4 heteroatoms. The Hall–Kier alpha value is -1.06. The van der Waals surface area contributed by atoms with E-state index in [0.717, 1.165) is 12.0 Å². The number of nitrogens with one attached hydrogen (secondary N) is 1. The number of carbonyl (C=O) groups excluding carboxylic acids is 1. The Morgan fingerprint density at radius 1 is 1.20 bits per heavy atom. The zero-order chi connectivity index (χ0) is 15.3. The SMILES string of the molecule is CC(C)CC(NC(=O)C(C)C(C)N)c1ccc(Cl)cc1. The fraction of sp³-hybridized carbons (Fsp3) is 0.562. The molecule has 0 aromatic heterocycles. The number of rotatable bonds is 6. The van der Waals surface area contributed by atoms with Gasteiger partial charge in [0.25, 0.3) is 0 Å². The van der Waals surface area contributed by atoms with E-state index in [1.807, 2.05) is 38.1 Å². The molecule has 0 aliphatic heterocycles. The minimum Gasteiger partial charge on any atom is -0.349 e. The van der Waals surface area contributed by atoms with Crippen molar-refractivity contribution in [2.24, 2.45) is 17.6 Å². The molecule has 0 fully saturated rings. The van der Waals surface area contributed by atoms with E-state index in [1.54, 1.807) is 0 Å². The molecule has 1 aromatic carbocycles. The standard InChI is InChI=1S/C16H25ClN2O/c1-10(2)9-15(13-5-7-14(17)8-6-13)19-16(20)11(3)12(4)18/h5-8,10-12,15H,9,18H2,1-4H3,(H,19,20). The van der Waals surface area contributed by atoms with E-state index in [1.165, 1.54) is 0 Å². The van der Waals surface area contributed by atoms with Crippen molar-refractivity contribution >= 4 is 17.5 Å². The molecule has 0 aliphatic carbocycles. The van der Waals surface area contributed by atoms with Crippen LogP contribution in [0, 0.1) is 11.8 Å². The second-order valence-electron chi connectivity index (χ2n) is 5.89. The molecule has 3 unspecified atom stereocenters. The van der Waals surface area contributed by atoms with Crippen molar-refractivity contribution in [3.05, 3.63) is 34.9 Å². The largest absolute Gasteiger partial charge is 0.349 e. The molecular weight excluding hydrogens is 272 g/mol. The van der Waals surface area contributed by atoms with Crippen molar-refractivity contribution in [1.29, 1.82) is 0 Å². The first-order valence-electron chi connectivity index (χ1n) is 7.12. The number of nitrogens with two attached hydrogens (primary N) is 1. The minimum atomic E-state index is -0.197. The van der Waals surface area contributed by atoms with Gasteiger partial charge in [-0.3, -0.25) is 4.79 Å². The summed E-state index contributed by atoms with van der Waals surface area (Å²) in [7, 11) is 0. The number of hydrogen-bond donors (Lipinski definition) is 2. The number of benzene rings is 1. The van der Waals surface area contributed by atoms with Gasteiger partial charge < -0.3 is 11.1 Å². The number of halogens is 1. The molecule has 3 N–H and O–H groups in total. The van der Waals surface area contributed by atoms with Crippen molar-refractivity contribution in [1.82, 2.24) is 5.32 Å². The molecule has 0 spiro atoms. The Bertz CT molecular complexity index is 429. The van der Waals surface area contributed by atoms with Gasteiger partial charge in [0, 0.05) is 17.0 Å². The average Bonchev–Trinajstić information content (AvgIpc) is 2.37. The van der Waals surface area contributed by atoms with Gasteiger partial charge in [0.15, 0.2) is 0 Å². The molecule has 0 saturated heterocycles. The van der Waals surface area contributed by atoms with Crippen molar-refractivity contribution in [3.63, 3.8) is 0 Å². The Labute approximate surface area is 126 Å². The van der Waals surface area contributed by atoms with Crippen LogP contribution >= 0.6 is 11.6 Å². The van der Waals surface area contributed by atoms with Crippen molar-refractivity contribution in [2.75, 3.05) is 0 Å². The van der Waals surface area contributed by atoms with Crippen LogP contribution in [0.1, 0.15) is 45.7 Å². The maximum Gasteiger partial charge on any atom is 0.224 e. The van der Waals surface area contributed by atoms with Crippen LogP contribution in [0.15, 0.2) is 24.3 Å². The average molecular weight is 297 g/mol. The van der Waals surface area contributed by atoms with E-state index in [2.05, 4.69) is 19.2 Å². The van der Waals surface area contributed by atoms with Crippen LogP contribution in [0.3, 0.4) is 0 Å². The van der Waals surface area contributed by atoms with Gasteiger partial charge in [0.1, 0.15) is 0 Å². The molecule has 1 rings (SSSR count). The van der Waals surface area contributed by atoms with Gasteiger partial charge in [0.05, 0.1) is 6.04 Å². The van der Waals surface area contributed by atoms with Gasteiger partial charge in [-0.15, -0.1) is 0 Å². The first-order chi connectivity index (χ1) is 9.31. The molecule has 0 aliphatic rings. The normalized spacial score (nSPS) is 15.8. The molecule has 112 valence electrons. The summed E-state index contributed by atoms with van der Waals surface area (Å²) in [5.74, 6) is 0.291. The van der Waals surface area contributed by atoms with Gasteiger partial charge in [-0.25, -0.2) is 0 Å². The molecule has 3 atom stereocenters. The number of amides is 1. The fourth-order valence-corrected chi connectivity index (χ4v) is 2.11. The highest BCUT2D eigenvalue weighted by atomic mass is 35.5. The smallest absolute Gasteiger partial charge is 0.224 e. The van der Waals surface area contributed by atoms with Crippen molar-refractivity contribution in [3.8, 4) is 0 Å². The topological polar surface area (TPSA) is 55.1 Å². The summed E-state index contributed by atoms with van der Waals surface area (Å²) < 4.78 is 0. The van der Waals surface area contributed by atoms with Gasteiger partial charge >= 0.3 is 0 Å². The molecular formula is C16H25ClN2O. The van der Waals surface area contributed by atoms with Gasteiger partial charge in [0.2, 0.25) is 5.91 Å². The van der Waals surface area contributed by atoms with Gasteiger partial charge in [-0.2, -0.15) is 0 Å². The predicted octanol–water partition coefficient (Wildman–Crippen LogP) is 3.53. The highest BCUT2D eigenvalue weighted by Crippen LogP contribution is 2.23. The summed E-state index contributed by atoms with van der Waals surface area (Å²) in [6.45, 7) is 7.99.